The van der Waals surface area contributed by atoms with E-state index in [9.17, 15) is 9.18 Å². The summed E-state index contributed by atoms with van der Waals surface area (Å²) in [6, 6.07) is 1.39. The fraction of sp³-hybridized carbons (Fsp3) is 0.333. The number of aromatic nitrogens is 4. The molecule has 0 unspecified atom stereocenters. The average Bonchev–Trinajstić information content (AvgIpc) is 2.94. The van der Waals surface area contributed by atoms with Gasteiger partial charge in [-0.25, -0.2) is 9.37 Å². The van der Waals surface area contributed by atoms with Gasteiger partial charge in [0.1, 0.15) is 6.33 Å². The van der Waals surface area contributed by atoms with Crippen molar-refractivity contribution in [2.75, 3.05) is 18.9 Å². The van der Waals surface area contributed by atoms with Gasteiger partial charge in [0.2, 0.25) is 0 Å². The Morgan fingerprint density at radius 2 is 2.30 bits per heavy atom. The van der Waals surface area contributed by atoms with Gasteiger partial charge in [-0.1, -0.05) is 0 Å². The van der Waals surface area contributed by atoms with E-state index < -0.39 is 5.82 Å². The van der Waals surface area contributed by atoms with Crippen molar-refractivity contribution >= 4 is 11.7 Å². The number of carbonyl (C=O) groups excluding carboxylic acids is 1. The second kappa shape index (κ2) is 4.87. The summed E-state index contributed by atoms with van der Waals surface area (Å²) in [6.07, 6.45) is 3.04. The third-order valence-corrected chi connectivity index (χ3v) is 3.28. The van der Waals surface area contributed by atoms with Crippen molar-refractivity contribution in [1.29, 1.82) is 0 Å². The maximum absolute atomic E-state index is 14.1. The van der Waals surface area contributed by atoms with Gasteiger partial charge < -0.3 is 14.8 Å². The number of anilines is 1. The number of pyridine rings is 1. The molecule has 0 aliphatic carbocycles. The van der Waals surface area contributed by atoms with Crippen molar-refractivity contribution in [2.24, 2.45) is 0 Å². The summed E-state index contributed by atoms with van der Waals surface area (Å²) in [5.41, 5.74) is 0.0114. The Morgan fingerprint density at radius 3 is 3.10 bits per heavy atom. The van der Waals surface area contributed by atoms with Crippen LogP contribution < -0.4 is 5.32 Å². The summed E-state index contributed by atoms with van der Waals surface area (Å²) < 4.78 is 16.0. The first-order valence-electron chi connectivity index (χ1n) is 6.19. The van der Waals surface area contributed by atoms with Crippen LogP contribution in [0.3, 0.4) is 0 Å². The Labute approximate surface area is 114 Å². The van der Waals surface area contributed by atoms with E-state index in [0.717, 1.165) is 0 Å². The molecule has 0 saturated heterocycles. The molecule has 0 aromatic carbocycles. The molecular weight excluding hydrogens is 263 g/mol. The fourth-order valence-electron chi connectivity index (χ4n) is 2.19. The maximum atomic E-state index is 14.1. The van der Waals surface area contributed by atoms with Crippen molar-refractivity contribution in [2.45, 2.75) is 13.1 Å². The number of halogens is 1. The summed E-state index contributed by atoms with van der Waals surface area (Å²) >= 11 is 0. The summed E-state index contributed by atoms with van der Waals surface area (Å²) in [7, 11) is 1.56. The molecule has 0 radical (unpaired) electrons. The van der Waals surface area contributed by atoms with Gasteiger partial charge in [0.25, 0.3) is 5.91 Å². The Balaban J connectivity index is 1.87. The molecule has 1 N–H and O–H groups in total. The number of hydrogen-bond donors (Lipinski definition) is 1. The van der Waals surface area contributed by atoms with Crippen LogP contribution in [0.1, 0.15) is 16.2 Å². The molecule has 2 aromatic heterocycles. The normalized spacial score (nSPS) is 14.0. The van der Waals surface area contributed by atoms with Crippen LogP contribution in [0.25, 0.3) is 0 Å². The van der Waals surface area contributed by atoms with E-state index >= 15 is 0 Å². The quantitative estimate of drug-likeness (QED) is 0.865. The fourth-order valence-corrected chi connectivity index (χ4v) is 2.19. The zero-order valence-corrected chi connectivity index (χ0v) is 10.9. The highest BCUT2D eigenvalue weighted by molar-refractivity contribution is 5.95. The van der Waals surface area contributed by atoms with Crippen LogP contribution in [0.2, 0.25) is 0 Å². The number of hydrogen-bond acceptors (Lipinski definition) is 5. The van der Waals surface area contributed by atoms with Crippen molar-refractivity contribution < 1.29 is 9.18 Å². The van der Waals surface area contributed by atoms with Gasteiger partial charge in [-0.05, 0) is 6.07 Å². The van der Waals surface area contributed by atoms with Crippen molar-refractivity contribution in [3.63, 3.8) is 0 Å². The molecule has 1 aliphatic rings. The van der Waals surface area contributed by atoms with Crippen LogP contribution in [-0.2, 0) is 13.1 Å². The number of carbonyl (C=O) groups is 1. The van der Waals surface area contributed by atoms with Crippen LogP contribution in [0.4, 0.5) is 10.2 Å². The van der Waals surface area contributed by atoms with Crippen LogP contribution in [0.15, 0.2) is 18.6 Å². The van der Waals surface area contributed by atoms with E-state index in [-0.39, 0.29) is 17.3 Å². The second-order valence-electron chi connectivity index (χ2n) is 4.44. The van der Waals surface area contributed by atoms with Crippen LogP contribution >= 0.6 is 0 Å². The first-order valence-corrected chi connectivity index (χ1v) is 6.19. The summed E-state index contributed by atoms with van der Waals surface area (Å²) in [5.74, 6) is -0.230. The molecule has 0 atom stereocenters. The highest BCUT2D eigenvalue weighted by Crippen LogP contribution is 2.19. The van der Waals surface area contributed by atoms with Gasteiger partial charge in [0.05, 0.1) is 12.1 Å². The van der Waals surface area contributed by atoms with Gasteiger partial charge in [0.15, 0.2) is 17.5 Å². The predicted octanol–water partition coefficient (Wildman–Crippen LogP) is 0.510. The Bertz CT molecular complexity index is 655. The number of rotatable bonds is 2. The number of fused-ring (bicyclic) bond motifs is 1. The van der Waals surface area contributed by atoms with Gasteiger partial charge in [-0.3, -0.25) is 4.79 Å². The van der Waals surface area contributed by atoms with Crippen LogP contribution in [0.5, 0.6) is 0 Å². The molecule has 20 heavy (non-hydrogen) atoms. The number of nitrogens with zero attached hydrogens (tertiary/aromatic N) is 5. The van der Waals surface area contributed by atoms with Crippen LogP contribution in [-0.4, -0.2) is 44.1 Å². The van der Waals surface area contributed by atoms with Crippen LogP contribution in [0, 0.1) is 5.82 Å². The lowest BCUT2D eigenvalue weighted by molar-refractivity contribution is 0.0702. The molecular formula is C12H13FN6O. The van der Waals surface area contributed by atoms with E-state index in [0.29, 0.717) is 25.5 Å². The molecule has 2 aromatic rings. The lowest BCUT2D eigenvalue weighted by Gasteiger charge is -2.27. The van der Waals surface area contributed by atoms with Gasteiger partial charge >= 0.3 is 0 Å². The molecule has 3 rings (SSSR count). The molecule has 7 nitrogen and oxygen atoms in total. The first kappa shape index (κ1) is 12.5. The second-order valence-corrected chi connectivity index (χ2v) is 4.44. The minimum Gasteiger partial charge on any atom is -0.371 e. The molecule has 0 saturated carbocycles. The number of amides is 1. The van der Waals surface area contributed by atoms with E-state index in [2.05, 4.69) is 20.5 Å². The minimum absolute atomic E-state index is 0.0114. The topological polar surface area (TPSA) is 75.9 Å². The van der Waals surface area contributed by atoms with Gasteiger partial charge in [-0.2, -0.15) is 0 Å². The highest BCUT2D eigenvalue weighted by atomic mass is 19.1. The number of nitrogens with one attached hydrogen (secondary N) is 1. The van der Waals surface area contributed by atoms with Crippen molar-refractivity contribution in [3.05, 3.63) is 35.8 Å². The average molecular weight is 276 g/mol. The maximum Gasteiger partial charge on any atom is 0.257 e. The SMILES string of the molecule is CNc1nccc(C(=O)N2CCn3cnnc3C2)c1F. The van der Waals surface area contributed by atoms with Gasteiger partial charge in [0, 0.05) is 26.3 Å². The Hall–Kier alpha value is -2.51. The standard InChI is InChI=1S/C12H13FN6O/c1-14-11-10(13)8(2-3-15-11)12(20)18-4-5-19-7-16-17-9(19)6-18/h2-3,7H,4-6H2,1H3,(H,14,15). The molecule has 3 heterocycles. The molecule has 104 valence electrons. The lowest BCUT2D eigenvalue weighted by Crippen LogP contribution is -2.38. The molecule has 0 fully saturated rings. The van der Waals surface area contributed by atoms with Crippen molar-refractivity contribution in [1.82, 2.24) is 24.6 Å². The molecule has 1 amide bonds. The van der Waals surface area contributed by atoms with E-state index in [1.165, 1.54) is 12.3 Å². The highest BCUT2D eigenvalue weighted by Gasteiger charge is 2.25. The molecule has 8 heteroatoms. The monoisotopic (exact) mass is 276 g/mol. The minimum atomic E-state index is -0.632. The third-order valence-electron chi connectivity index (χ3n) is 3.28. The molecule has 0 bridgehead atoms. The predicted molar refractivity (Wildman–Crippen MR) is 68.5 cm³/mol. The van der Waals surface area contributed by atoms with E-state index in [1.807, 2.05) is 4.57 Å². The zero-order valence-electron chi connectivity index (χ0n) is 10.9. The lowest BCUT2D eigenvalue weighted by atomic mass is 10.2. The Kier molecular flexibility index (Phi) is 3.05. The van der Waals surface area contributed by atoms with E-state index in [1.54, 1.807) is 18.3 Å². The smallest absolute Gasteiger partial charge is 0.257 e. The molecule has 1 aliphatic heterocycles. The largest absolute Gasteiger partial charge is 0.371 e. The van der Waals surface area contributed by atoms with Gasteiger partial charge in [-0.15, -0.1) is 10.2 Å². The third kappa shape index (κ3) is 1.98. The summed E-state index contributed by atoms with van der Waals surface area (Å²) in [5, 5.41) is 10.4. The Morgan fingerprint density at radius 1 is 1.45 bits per heavy atom. The summed E-state index contributed by atoms with van der Waals surface area (Å²) in [4.78, 5) is 17.8. The van der Waals surface area contributed by atoms with Crippen molar-refractivity contribution in [3.8, 4) is 0 Å². The first-order chi connectivity index (χ1) is 9.70. The zero-order chi connectivity index (χ0) is 14.1. The summed E-state index contributed by atoms with van der Waals surface area (Å²) in [6.45, 7) is 1.44. The van der Waals surface area contributed by atoms with E-state index in [4.69, 9.17) is 0 Å². The molecule has 0 spiro atoms.